The van der Waals surface area contributed by atoms with Crippen LogP contribution in [0.3, 0.4) is 0 Å². The largest absolute Gasteiger partial charge is 0.378 e. The Morgan fingerprint density at radius 2 is 1.12 bits per heavy atom. The first-order valence-electron chi connectivity index (χ1n) is 5.32. The topological polar surface area (TPSA) is 46.2 Å². The summed E-state index contributed by atoms with van der Waals surface area (Å²) in [6, 6.07) is 19.6. The molecule has 1 atom stereocenters. The van der Waals surface area contributed by atoms with Gasteiger partial charge in [0.15, 0.2) is 0 Å². The van der Waals surface area contributed by atoms with E-state index in [2.05, 4.69) is 0 Å². The summed E-state index contributed by atoms with van der Waals surface area (Å²) in [5.74, 6) is -0.164. The zero-order valence-electron chi connectivity index (χ0n) is 8.95. The highest BCUT2D eigenvalue weighted by Crippen LogP contribution is 2.25. The average Bonchev–Trinajstić information content (AvgIpc) is 2.31. The molecule has 0 amide bonds. The van der Waals surface area contributed by atoms with E-state index in [1.807, 2.05) is 60.7 Å². The number of rotatable bonds is 3. The van der Waals surface area contributed by atoms with E-state index in [0.717, 1.165) is 11.1 Å². The van der Waals surface area contributed by atoms with Crippen LogP contribution in [0.4, 0.5) is 0 Å². The van der Waals surface area contributed by atoms with Gasteiger partial charge in [0.05, 0.1) is 0 Å². The molecule has 0 spiro atoms. The van der Waals surface area contributed by atoms with Crippen molar-refractivity contribution >= 4 is 0 Å². The molecule has 2 aromatic rings. The van der Waals surface area contributed by atoms with Crippen molar-refractivity contribution in [3.8, 4) is 0 Å². The first-order valence-corrected chi connectivity index (χ1v) is 5.32. The third-order valence-corrected chi connectivity index (χ3v) is 2.66. The molecule has 0 radical (unpaired) electrons. The zero-order valence-corrected chi connectivity index (χ0v) is 8.95. The normalized spacial score (nSPS) is 12.7. The summed E-state index contributed by atoms with van der Waals surface area (Å²) in [5, 5.41) is 9.70. The van der Waals surface area contributed by atoms with Gasteiger partial charge in [-0.1, -0.05) is 60.7 Å². The van der Waals surface area contributed by atoms with Crippen LogP contribution >= 0.6 is 0 Å². The highest BCUT2D eigenvalue weighted by atomic mass is 16.3. The van der Waals surface area contributed by atoms with Crippen LogP contribution in [-0.4, -0.2) is 11.3 Å². The van der Waals surface area contributed by atoms with Crippen molar-refractivity contribution in [1.82, 2.24) is 0 Å². The predicted octanol–water partition coefficient (Wildman–Crippen LogP) is 2.10. The number of aliphatic hydroxyl groups excluding tert-OH is 1. The highest BCUT2D eigenvalue weighted by Gasteiger charge is 2.19. The molecule has 0 saturated carbocycles. The molecule has 0 bridgehead atoms. The number of aliphatic hydroxyl groups is 1. The van der Waals surface area contributed by atoms with Gasteiger partial charge in [-0.15, -0.1) is 0 Å². The summed E-state index contributed by atoms with van der Waals surface area (Å²) in [7, 11) is 0. The molecule has 0 fully saturated rings. The number of hydrogen-bond donors (Lipinski definition) is 2. The summed E-state index contributed by atoms with van der Waals surface area (Å²) in [4.78, 5) is 0. The molecular formula is C14H15NO. The lowest BCUT2D eigenvalue weighted by Gasteiger charge is -2.20. The Bertz CT molecular complexity index is 386. The van der Waals surface area contributed by atoms with Gasteiger partial charge in [0.25, 0.3) is 0 Å². The predicted molar refractivity (Wildman–Crippen MR) is 64.9 cm³/mol. The van der Waals surface area contributed by atoms with Crippen LogP contribution in [0.2, 0.25) is 0 Å². The van der Waals surface area contributed by atoms with Crippen LogP contribution in [0.1, 0.15) is 17.0 Å². The molecule has 2 heteroatoms. The second-order valence-electron chi connectivity index (χ2n) is 3.79. The van der Waals surface area contributed by atoms with Crippen LogP contribution in [0.25, 0.3) is 0 Å². The van der Waals surface area contributed by atoms with Gasteiger partial charge in [-0.3, -0.25) is 0 Å². The van der Waals surface area contributed by atoms with Gasteiger partial charge in [-0.2, -0.15) is 0 Å². The number of nitrogens with two attached hydrogens (primary N) is 1. The maximum absolute atomic E-state index is 9.70. The van der Waals surface area contributed by atoms with Crippen molar-refractivity contribution in [3.05, 3.63) is 71.8 Å². The number of hydrogen-bond acceptors (Lipinski definition) is 2. The molecule has 0 heterocycles. The maximum Gasteiger partial charge on any atom is 0.113 e. The fraction of sp³-hybridized carbons (Fsp3) is 0.143. The van der Waals surface area contributed by atoms with Crippen molar-refractivity contribution in [1.29, 1.82) is 0 Å². The SMILES string of the molecule is N[C@H](O)C(c1ccccc1)c1ccccc1. The molecule has 16 heavy (non-hydrogen) atoms. The molecule has 2 aromatic carbocycles. The van der Waals surface area contributed by atoms with E-state index in [0.29, 0.717) is 0 Å². The quantitative estimate of drug-likeness (QED) is 0.767. The molecule has 0 aromatic heterocycles. The summed E-state index contributed by atoms with van der Waals surface area (Å²) >= 11 is 0. The first kappa shape index (κ1) is 10.9. The summed E-state index contributed by atoms with van der Waals surface area (Å²) < 4.78 is 0. The molecule has 0 aliphatic carbocycles. The van der Waals surface area contributed by atoms with Crippen LogP contribution in [0.15, 0.2) is 60.7 Å². The van der Waals surface area contributed by atoms with Crippen molar-refractivity contribution in [2.75, 3.05) is 0 Å². The Kier molecular flexibility index (Phi) is 3.34. The Labute approximate surface area is 95.4 Å². The van der Waals surface area contributed by atoms with Gasteiger partial charge in [0.1, 0.15) is 6.23 Å². The number of benzene rings is 2. The summed E-state index contributed by atoms with van der Waals surface area (Å²) in [5.41, 5.74) is 7.72. The van der Waals surface area contributed by atoms with Crippen molar-refractivity contribution in [2.24, 2.45) is 5.73 Å². The van der Waals surface area contributed by atoms with E-state index in [1.54, 1.807) is 0 Å². The highest BCUT2D eigenvalue weighted by molar-refractivity contribution is 5.33. The van der Waals surface area contributed by atoms with Crippen LogP contribution in [0.5, 0.6) is 0 Å². The lowest BCUT2D eigenvalue weighted by Crippen LogP contribution is -2.28. The molecule has 0 aliphatic rings. The lowest BCUT2D eigenvalue weighted by molar-refractivity contribution is 0.164. The van der Waals surface area contributed by atoms with E-state index >= 15 is 0 Å². The van der Waals surface area contributed by atoms with Crippen molar-refractivity contribution < 1.29 is 5.11 Å². The van der Waals surface area contributed by atoms with Gasteiger partial charge in [-0.05, 0) is 11.1 Å². The Morgan fingerprint density at radius 3 is 1.44 bits per heavy atom. The van der Waals surface area contributed by atoms with E-state index in [-0.39, 0.29) is 5.92 Å². The van der Waals surface area contributed by atoms with E-state index < -0.39 is 6.23 Å². The molecule has 0 aliphatic heterocycles. The summed E-state index contributed by atoms with van der Waals surface area (Å²) in [6.07, 6.45) is -0.884. The van der Waals surface area contributed by atoms with Gasteiger partial charge < -0.3 is 10.8 Å². The standard InChI is InChI=1S/C14H15NO/c15-14(16)13(11-7-3-1-4-8-11)12-9-5-2-6-10-12/h1-10,13-14,16H,15H2/t14-/m1/s1. The molecule has 0 saturated heterocycles. The van der Waals surface area contributed by atoms with E-state index in [9.17, 15) is 5.11 Å². The third kappa shape index (κ3) is 2.30. The zero-order chi connectivity index (χ0) is 11.4. The first-order chi connectivity index (χ1) is 7.79. The lowest BCUT2D eigenvalue weighted by atomic mass is 9.90. The second-order valence-corrected chi connectivity index (χ2v) is 3.79. The van der Waals surface area contributed by atoms with Crippen molar-refractivity contribution in [2.45, 2.75) is 12.1 Å². The minimum absolute atomic E-state index is 0.164. The minimum atomic E-state index is -0.884. The Morgan fingerprint density at radius 1 is 0.750 bits per heavy atom. The van der Waals surface area contributed by atoms with Crippen LogP contribution in [-0.2, 0) is 0 Å². The molecule has 2 nitrogen and oxygen atoms in total. The average molecular weight is 213 g/mol. The minimum Gasteiger partial charge on any atom is -0.378 e. The van der Waals surface area contributed by atoms with Gasteiger partial charge >= 0.3 is 0 Å². The molecule has 2 rings (SSSR count). The van der Waals surface area contributed by atoms with Crippen LogP contribution in [0, 0.1) is 0 Å². The monoisotopic (exact) mass is 213 g/mol. The fourth-order valence-corrected chi connectivity index (χ4v) is 1.91. The van der Waals surface area contributed by atoms with E-state index in [4.69, 9.17) is 5.73 Å². The molecule has 3 N–H and O–H groups in total. The van der Waals surface area contributed by atoms with Crippen molar-refractivity contribution in [3.63, 3.8) is 0 Å². The summed E-state index contributed by atoms with van der Waals surface area (Å²) in [6.45, 7) is 0. The maximum atomic E-state index is 9.70. The molecule has 82 valence electrons. The second kappa shape index (κ2) is 4.92. The molecular weight excluding hydrogens is 198 g/mol. The Balaban J connectivity index is 2.40. The fourth-order valence-electron chi connectivity index (χ4n) is 1.91. The van der Waals surface area contributed by atoms with Crippen LogP contribution < -0.4 is 5.73 Å². The van der Waals surface area contributed by atoms with Gasteiger partial charge in [0, 0.05) is 5.92 Å². The van der Waals surface area contributed by atoms with Gasteiger partial charge in [0.2, 0.25) is 0 Å². The smallest absolute Gasteiger partial charge is 0.113 e. The van der Waals surface area contributed by atoms with Gasteiger partial charge in [-0.25, -0.2) is 0 Å². The third-order valence-electron chi connectivity index (χ3n) is 2.66. The van der Waals surface area contributed by atoms with E-state index in [1.165, 1.54) is 0 Å². The Hall–Kier alpha value is -1.64. The molecule has 0 unspecified atom stereocenters.